The summed E-state index contributed by atoms with van der Waals surface area (Å²) in [6.07, 6.45) is 3.15. The summed E-state index contributed by atoms with van der Waals surface area (Å²) in [5.41, 5.74) is 1.80. The molecule has 1 N–H and O–H groups in total. The van der Waals surface area contributed by atoms with E-state index in [0.29, 0.717) is 6.42 Å². The van der Waals surface area contributed by atoms with Crippen molar-refractivity contribution in [2.24, 2.45) is 5.41 Å². The summed E-state index contributed by atoms with van der Waals surface area (Å²) in [7, 11) is 1.64. The quantitative estimate of drug-likeness (QED) is 0.908. The summed E-state index contributed by atoms with van der Waals surface area (Å²) in [5.74, 6) is 0.927. The molecule has 1 aromatic rings. The van der Waals surface area contributed by atoms with E-state index in [9.17, 15) is 4.79 Å². The van der Waals surface area contributed by atoms with Crippen molar-refractivity contribution in [3.05, 3.63) is 34.4 Å². The number of carbonyl (C=O) groups is 1. The highest BCUT2D eigenvalue weighted by Crippen LogP contribution is 2.38. The molecule has 1 aliphatic carbocycles. The number of rotatable bonds is 3. The molecular formula is C15H18BrNO2. The molecule has 0 unspecified atom stereocenters. The van der Waals surface area contributed by atoms with Crippen LogP contribution < -0.4 is 10.1 Å². The van der Waals surface area contributed by atoms with Crippen molar-refractivity contribution >= 4 is 27.4 Å². The fraction of sp³-hybridized carbons (Fsp3) is 0.400. The average molecular weight is 324 g/mol. The minimum atomic E-state index is 0.00264. The third-order valence-corrected chi connectivity index (χ3v) is 3.80. The van der Waals surface area contributed by atoms with Crippen molar-refractivity contribution in [1.82, 2.24) is 0 Å². The van der Waals surface area contributed by atoms with Gasteiger partial charge in [0, 0.05) is 22.7 Å². The van der Waals surface area contributed by atoms with Crippen molar-refractivity contribution in [2.75, 3.05) is 12.4 Å². The van der Waals surface area contributed by atoms with Crippen LogP contribution >= 0.6 is 15.9 Å². The number of methoxy groups -OCH3 is 1. The Morgan fingerprint density at radius 2 is 2.05 bits per heavy atom. The molecular weight excluding hydrogens is 306 g/mol. The van der Waals surface area contributed by atoms with Gasteiger partial charge in [-0.1, -0.05) is 19.9 Å². The van der Waals surface area contributed by atoms with Gasteiger partial charge < -0.3 is 10.1 Å². The topological polar surface area (TPSA) is 38.3 Å². The Balaban J connectivity index is 2.29. The third-order valence-electron chi connectivity index (χ3n) is 3.14. The Bertz CT molecular complexity index is 535. The van der Waals surface area contributed by atoms with Crippen LogP contribution in [0.5, 0.6) is 5.75 Å². The van der Waals surface area contributed by atoms with Gasteiger partial charge >= 0.3 is 0 Å². The van der Waals surface area contributed by atoms with Gasteiger partial charge in [0.25, 0.3) is 0 Å². The third kappa shape index (κ3) is 3.38. The van der Waals surface area contributed by atoms with E-state index in [1.54, 1.807) is 13.2 Å². The van der Waals surface area contributed by atoms with Crippen molar-refractivity contribution in [3.8, 4) is 5.75 Å². The predicted molar refractivity (Wildman–Crippen MR) is 80.4 cm³/mol. The summed E-state index contributed by atoms with van der Waals surface area (Å²) >= 11 is 3.50. The molecule has 4 heteroatoms. The Morgan fingerprint density at radius 3 is 2.68 bits per heavy atom. The molecule has 0 saturated carbocycles. The van der Waals surface area contributed by atoms with Gasteiger partial charge in [-0.15, -0.1) is 0 Å². The average Bonchev–Trinajstić information content (AvgIpc) is 2.29. The number of benzene rings is 1. The monoisotopic (exact) mass is 323 g/mol. The second kappa shape index (κ2) is 5.37. The predicted octanol–water partition coefficient (Wildman–Crippen LogP) is 4.14. The molecule has 3 nitrogen and oxygen atoms in total. The molecule has 0 aromatic heterocycles. The first-order chi connectivity index (χ1) is 8.91. The van der Waals surface area contributed by atoms with E-state index in [2.05, 4.69) is 35.1 Å². The number of ketones is 1. The van der Waals surface area contributed by atoms with Crippen LogP contribution in [0.25, 0.3) is 0 Å². The van der Waals surface area contributed by atoms with Gasteiger partial charge in [0.1, 0.15) is 5.75 Å². The van der Waals surface area contributed by atoms with E-state index in [1.165, 1.54) is 0 Å². The van der Waals surface area contributed by atoms with Crippen LogP contribution in [0.4, 0.5) is 5.69 Å². The van der Waals surface area contributed by atoms with Crippen LogP contribution in [0.1, 0.15) is 26.7 Å². The molecule has 2 rings (SSSR count). The number of nitrogens with one attached hydrogen (secondary N) is 1. The van der Waals surface area contributed by atoms with Crippen molar-refractivity contribution in [1.29, 1.82) is 0 Å². The molecule has 0 aliphatic heterocycles. The molecule has 0 bridgehead atoms. The minimum absolute atomic E-state index is 0.00264. The van der Waals surface area contributed by atoms with Crippen LogP contribution in [0.3, 0.4) is 0 Å². The van der Waals surface area contributed by atoms with Gasteiger partial charge in [-0.25, -0.2) is 0 Å². The smallest absolute Gasteiger partial charge is 0.157 e. The molecule has 0 saturated heterocycles. The fourth-order valence-corrected chi connectivity index (χ4v) is 2.83. The van der Waals surface area contributed by atoms with Crippen molar-refractivity contribution in [3.63, 3.8) is 0 Å². The summed E-state index contributed by atoms with van der Waals surface area (Å²) in [6, 6.07) is 5.75. The van der Waals surface area contributed by atoms with Crippen LogP contribution in [-0.4, -0.2) is 12.9 Å². The molecule has 0 fully saturated rings. The van der Waals surface area contributed by atoms with Crippen LogP contribution in [-0.2, 0) is 4.79 Å². The lowest BCUT2D eigenvalue weighted by Crippen LogP contribution is -2.24. The molecule has 1 aliphatic rings. The molecule has 1 aromatic carbocycles. The molecule has 0 radical (unpaired) electrons. The van der Waals surface area contributed by atoms with Crippen LogP contribution in [0, 0.1) is 5.41 Å². The zero-order valence-electron chi connectivity index (χ0n) is 11.4. The standard InChI is InChI=1S/C15H18BrNO2/c1-15(2)8-10(7-11(18)9-15)17-14-12(16)5-4-6-13(14)19-3/h4-7,17H,8-9H2,1-3H3. The van der Waals surface area contributed by atoms with Gasteiger partial charge in [-0.05, 0) is 39.9 Å². The number of halogens is 1. The summed E-state index contributed by atoms with van der Waals surface area (Å²) in [4.78, 5) is 11.8. The molecule has 0 amide bonds. The first-order valence-electron chi connectivity index (χ1n) is 6.24. The summed E-state index contributed by atoms with van der Waals surface area (Å²) in [5, 5.41) is 3.32. The number of para-hydroxylation sites is 1. The molecule has 0 heterocycles. The van der Waals surface area contributed by atoms with E-state index >= 15 is 0 Å². The van der Waals surface area contributed by atoms with Gasteiger partial charge in [-0.3, -0.25) is 4.79 Å². The summed E-state index contributed by atoms with van der Waals surface area (Å²) in [6.45, 7) is 4.22. The highest BCUT2D eigenvalue weighted by atomic mass is 79.9. The summed E-state index contributed by atoms with van der Waals surface area (Å²) < 4.78 is 6.26. The highest BCUT2D eigenvalue weighted by Gasteiger charge is 2.28. The van der Waals surface area contributed by atoms with E-state index in [-0.39, 0.29) is 11.2 Å². The zero-order valence-corrected chi connectivity index (χ0v) is 13.0. The van der Waals surface area contributed by atoms with Gasteiger partial charge in [-0.2, -0.15) is 0 Å². The molecule has 102 valence electrons. The van der Waals surface area contributed by atoms with Gasteiger partial charge in [0.05, 0.1) is 12.8 Å². The second-order valence-electron chi connectivity index (χ2n) is 5.60. The molecule has 19 heavy (non-hydrogen) atoms. The van der Waals surface area contributed by atoms with Crippen molar-refractivity contribution in [2.45, 2.75) is 26.7 Å². The SMILES string of the molecule is COc1cccc(Br)c1NC1=CC(=O)CC(C)(C)C1. The van der Waals surface area contributed by atoms with Gasteiger partial charge in [0.2, 0.25) is 0 Å². The maximum Gasteiger partial charge on any atom is 0.157 e. The Kier molecular flexibility index (Phi) is 3.99. The second-order valence-corrected chi connectivity index (χ2v) is 6.45. The molecule has 0 atom stereocenters. The molecule has 0 spiro atoms. The lowest BCUT2D eigenvalue weighted by Gasteiger charge is -2.29. The van der Waals surface area contributed by atoms with Crippen LogP contribution in [0.15, 0.2) is 34.4 Å². The maximum atomic E-state index is 11.8. The van der Waals surface area contributed by atoms with Crippen molar-refractivity contribution < 1.29 is 9.53 Å². The van der Waals surface area contributed by atoms with Gasteiger partial charge in [0.15, 0.2) is 5.78 Å². The first-order valence-corrected chi connectivity index (χ1v) is 7.03. The number of carbonyl (C=O) groups excluding carboxylic acids is 1. The van der Waals surface area contributed by atoms with E-state index in [1.807, 2.05) is 18.2 Å². The first kappa shape index (κ1) is 14.1. The highest BCUT2D eigenvalue weighted by molar-refractivity contribution is 9.10. The largest absolute Gasteiger partial charge is 0.495 e. The Morgan fingerprint density at radius 1 is 1.32 bits per heavy atom. The lowest BCUT2D eigenvalue weighted by molar-refractivity contribution is -0.117. The van der Waals surface area contributed by atoms with Crippen LogP contribution in [0.2, 0.25) is 0 Å². The number of hydrogen-bond acceptors (Lipinski definition) is 3. The van der Waals surface area contributed by atoms with E-state index < -0.39 is 0 Å². The number of hydrogen-bond donors (Lipinski definition) is 1. The fourth-order valence-electron chi connectivity index (χ4n) is 2.38. The number of ether oxygens (including phenoxy) is 1. The van der Waals surface area contributed by atoms with E-state index in [4.69, 9.17) is 4.74 Å². The lowest BCUT2D eigenvalue weighted by atomic mass is 9.79. The van der Waals surface area contributed by atoms with E-state index in [0.717, 1.165) is 28.0 Å². The Labute approximate surface area is 122 Å². The zero-order chi connectivity index (χ0) is 14.0. The Hall–Kier alpha value is -1.29. The maximum absolute atomic E-state index is 11.8. The number of allylic oxidation sites excluding steroid dienone is 2. The minimum Gasteiger partial charge on any atom is -0.495 e. The normalized spacial score (nSPS) is 17.9. The number of anilines is 1.